The number of ether oxygens (including phenoxy) is 1. The van der Waals surface area contributed by atoms with Crippen LogP contribution in [-0.4, -0.2) is 11.5 Å². The summed E-state index contributed by atoms with van der Waals surface area (Å²) in [6.07, 6.45) is 0. The van der Waals surface area contributed by atoms with Crippen LogP contribution in [0, 0.1) is 17.0 Å². The number of hydrogen-bond acceptors (Lipinski definition) is 4. The van der Waals surface area contributed by atoms with Gasteiger partial charge in [0.05, 0.1) is 12.7 Å². The number of hydrogen-bond donors (Lipinski definition) is 0. The molecule has 0 aliphatic rings. The zero-order valence-corrected chi connectivity index (χ0v) is 12.7. The standard InChI is InChI=1S/C14H14BrNO4/c1-3-19-11-5-4-9(2)8-10(11)14(15)12-6-7-13(20-12)16(17)18/h4-8,14H,3H2,1-2H3. The van der Waals surface area contributed by atoms with E-state index in [9.17, 15) is 10.1 Å². The monoisotopic (exact) mass is 339 g/mol. The Morgan fingerprint density at radius 3 is 2.75 bits per heavy atom. The smallest absolute Gasteiger partial charge is 0.433 e. The lowest BCUT2D eigenvalue weighted by molar-refractivity contribution is -0.402. The maximum absolute atomic E-state index is 10.7. The van der Waals surface area contributed by atoms with Crippen LogP contribution in [0.15, 0.2) is 34.7 Å². The maximum Gasteiger partial charge on any atom is 0.433 e. The van der Waals surface area contributed by atoms with Crippen molar-refractivity contribution in [3.8, 4) is 5.75 Å². The minimum atomic E-state index is -0.553. The molecular weight excluding hydrogens is 326 g/mol. The quantitative estimate of drug-likeness (QED) is 0.460. The van der Waals surface area contributed by atoms with E-state index >= 15 is 0 Å². The number of halogens is 1. The average Bonchev–Trinajstić information content (AvgIpc) is 2.90. The molecule has 0 spiro atoms. The van der Waals surface area contributed by atoms with E-state index in [1.54, 1.807) is 6.07 Å². The molecule has 0 N–H and O–H groups in total. The molecule has 0 aliphatic carbocycles. The van der Waals surface area contributed by atoms with Crippen LogP contribution < -0.4 is 4.74 Å². The van der Waals surface area contributed by atoms with Gasteiger partial charge in [-0.1, -0.05) is 33.6 Å². The molecule has 20 heavy (non-hydrogen) atoms. The Morgan fingerprint density at radius 2 is 2.15 bits per heavy atom. The van der Waals surface area contributed by atoms with Crippen LogP contribution in [0.3, 0.4) is 0 Å². The number of benzene rings is 1. The molecule has 0 amide bonds. The highest BCUT2D eigenvalue weighted by Gasteiger charge is 2.22. The van der Waals surface area contributed by atoms with Gasteiger partial charge in [-0.25, -0.2) is 0 Å². The van der Waals surface area contributed by atoms with Crippen LogP contribution >= 0.6 is 15.9 Å². The van der Waals surface area contributed by atoms with E-state index < -0.39 is 4.92 Å². The van der Waals surface area contributed by atoms with Crippen LogP contribution in [0.5, 0.6) is 5.75 Å². The predicted octanol–water partition coefficient (Wildman–Crippen LogP) is 4.38. The average molecular weight is 340 g/mol. The van der Waals surface area contributed by atoms with Gasteiger partial charge in [0.15, 0.2) is 0 Å². The van der Waals surface area contributed by atoms with Gasteiger partial charge in [0, 0.05) is 5.56 Å². The van der Waals surface area contributed by atoms with Gasteiger partial charge in [-0.2, -0.15) is 0 Å². The van der Waals surface area contributed by atoms with Gasteiger partial charge in [-0.3, -0.25) is 10.1 Å². The molecular formula is C14H14BrNO4. The molecule has 0 aliphatic heterocycles. The fourth-order valence-electron chi connectivity index (χ4n) is 1.88. The highest BCUT2D eigenvalue weighted by molar-refractivity contribution is 9.09. The third-order valence-electron chi connectivity index (χ3n) is 2.78. The SMILES string of the molecule is CCOc1ccc(C)cc1C(Br)c1ccc([N+](=O)[O-])o1. The molecule has 0 saturated heterocycles. The van der Waals surface area contributed by atoms with Crippen molar-refractivity contribution in [3.05, 3.63) is 57.3 Å². The number of nitro groups is 1. The number of rotatable bonds is 5. The molecule has 1 unspecified atom stereocenters. The van der Waals surface area contributed by atoms with Gasteiger partial charge in [0.25, 0.3) is 0 Å². The van der Waals surface area contributed by atoms with Crippen molar-refractivity contribution in [1.29, 1.82) is 0 Å². The Balaban J connectivity index is 2.38. The Labute approximate surface area is 124 Å². The van der Waals surface area contributed by atoms with Gasteiger partial charge < -0.3 is 9.15 Å². The fourth-order valence-corrected chi connectivity index (χ4v) is 2.49. The minimum Gasteiger partial charge on any atom is -0.494 e. The summed E-state index contributed by atoms with van der Waals surface area (Å²) in [5.41, 5.74) is 1.96. The summed E-state index contributed by atoms with van der Waals surface area (Å²) >= 11 is 3.52. The molecule has 5 nitrogen and oxygen atoms in total. The van der Waals surface area contributed by atoms with Crippen LogP contribution in [0.25, 0.3) is 0 Å². The largest absolute Gasteiger partial charge is 0.494 e. The molecule has 1 heterocycles. The zero-order valence-electron chi connectivity index (χ0n) is 11.1. The van der Waals surface area contributed by atoms with Crippen LogP contribution in [-0.2, 0) is 0 Å². The number of furan rings is 1. The van der Waals surface area contributed by atoms with Gasteiger partial charge in [-0.15, -0.1) is 0 Å². The zero-order chi connectivity index (χ0) is 14.7. The van der Waals surface area contributed by atoms with E-state index in [-0.39, 0.29) is 10.7 Å². The molecule has 1 aromatic heterocycles. The molecule has 0 saturated carbocycles. The van der Waals surface area contributed by atoms with Crippen molar-refractivity contribution in [2.24, 2.45) is 0 Å². The third-order valence-corrected chi connectivity index (χ3v) is 3.73. The molecule has 106 valence electrons. The lowest BCUT2D eigenvalue weighted by Crippen LogP contribution is -2.00. The van der Waals surface area contributed by atoms with E-state index in [1.807, 2.05) is 32.0 Å². The topological polar surface area (TPSA) is 65.5 Å². The van der Waals surface area contributed by atoms with Gasteiger partial charge in [-0.05, 0) is 26.0 Å². The second-order valence-electron chi connectivity index (χ2n) is 4.27. The van der Waals surface area contributed by atoms with E-state index in [0.29, 0.717) is 12.4 Å². The van der Waals surface area contributed by atoms with Crippen LogP contribution in [0.1, 0.15) is 28.6 Å². The van der Waals surface area contributed by atoms with Gasteiger partial charge in [0.2, 0.25) is 0 Å². The Bertz CT molecular complexity index is 623. The first-order valence-electron chi connectivity index (χ1n) is 6.14. The lowest BCUT2D eigenvalue weighted by Gasteiger charge is -2.14. The first-order chi connectivity index (χ1) is 9.52. The summed E-state index contributed by atoms with van der Waals surface area (Å²) in [4.78, 5) is 9.82. The maximum atomic E-state index is 10.7. The Kier molecular flexibility index (Phi) is 4.44. The summed E-state index contributed by atoms with van der Waals surface area (Å²) in [5.74, 6) is 0.942. The van der Waals surface area contributed by atoms with Crippen molar-refractivity contribution < 1.29 is 14.1 Å². The number of alkyl halides is 1. The molecule has 6 heteroatoms. The van der Waals surface area contributed by atoms with Gasteiger partial charge >= 0.3 is 5.88 Å². The Hall–Kier alpha value is -1.82. The van der Waals surface area contributed by atoms with Crippen molar-refractivity contribution in [1.82, 2.24) is 0 Å². The summed E-state index contributed by atoms with van der Waals surface area (Å²) in [6.45, 7) is 4.43. The molecule has 0 fully saturated rings. The van der Waals surface area contributed by atoms with E-state index in [2.05, 4.69) is 15.9 Å². The molecule has 0 radical (unpaired) electrons. The van der Waals surface area contributed by atoms with E-state index in [4.69, 9.17) is 9.15 Å². The summed E-state index contributed by atoms with van der Waals surface area (Å²) < 4.78 is 10.8. The van der Waals surface area contributed by atoms with Crippen molar-refractivity contribution in [3.63, 3.8) is 0 Å². The number of aryl methyl sites for hydroxylation is 1. The van der Waals surface area contributed by atoms with Crippen molar-refractivity contribution >= 4 is 21.8 Å². The highest BCUT2D eigenvalue weighted by Crippen LogP contribution is 2.38. The second-order valence-corrected chi connectivity index (χ2v) is 5.19. The minimum absolute atomic E-state index is 0.268. The highest BCUT2D eigenvalue weighted by atomic mass is 79.9. The predicted molar refractivity (Wildman–Crippen MR) is 78.5 cm³/mol. The van der Waals surface area contributed by atoms with Crippen LogP contribution in [0.2, 0.25) is 0 Å². The lowest BCUT2D eigenvalue weighted by atomic mass is 10.1. The summed E-state index contributed by atoms with van der Waals surface area (Å²) in [6, 6.07) is 8.76. The first kappa shape index (κ1) is 14.6. The van der Waals surface area contributed by atoms with Crippen LogP contribution in [0.4, 0.5) is 5.88 Å². The second kappa shape index (κ2) is 6.09. The normalized spacial score (nSPS) is 12.2. The summed E-state index contributed by atoms with van der Waals surface area (Å²) in [7, 11) is 0. The summed E-state index contributed by atoms with van der Waals surface area (Å²) in [5, 5.41) is 10.7. The molecule has 1 atom stereocenters. The van der Waals surface area contributed by atoms with Crippen molar-refractivity contribution in [2.45, 2.75) is 18.7 Å². The third kappa shape index (κ3) is 3.01. The molecule has 1 aromatic carbocycles. The first-order valence-corrected chi connectivity index (χ1v) is 7.06. The number of nitrogens with zero attached hydrogens (tertiary/aromatic N) is 1. The molecule has 2 rings (SSSR count). The van der Waals surface area contributed by atoms with E-state index in [0.717, 1.165) is 16.9 Å². The van der Waals surface area contributed by atoms with Crippen molar-refractivity contribution in [2.75, 3.05) is 6.61 Å². The van der Waals surface area contributed by atoms with Gasteiger partial charge in [0.1, 0.15) is 21.3 Å². The molecule has 2 aromatic rings. The van der Waals surface area contributed by atoms with E-state index in [1.165, 1.54) is 6.07 Å². The Morgan fingerprint density at radius 1 is 1.40 bits per heavy atom. The molecule has 0 bridgehead atoms. The fraction of sp³-hybridized carbons (Fsp3) is 0.286.